The van der Waals surface area contributed by atoms with Crippen LogP contribution in [0.2, 0.25) is 0 Å². The molecular formula is C26H44Br2N2. The van der Waals surface area contributed by atoms with Crippen molar-refractivity contribution < 1.29 is 42.9 Å². The van der Waals surface area contributed by atoms with Crippen molar-refractivity contribution >= 4 is 0 Å². The summed E-state index contributed by atoms with van der Waals surface area (Å²) in [5, 5.41) is 0. The van der Waals surface area contributed by atoms with Gasteiger partial charge in [-0.15, -0.1) is 0 Å². The van der Waals surface area contributed by atoms with Crippen LogP contribution in [0.4, 0.5) is 0 Å². The molecule has 4 saturated heterocycles. The van der Waals surface area contributed by atoms with E-state index in [4.69, 9.17) is 0 Å². The number of fused-ring (bicyclic) bond motifs is 3. The lowest BCUT2D eigenvalue weighted by atomic mass is 9.74. The zero-order valence-electron chi connectivity index (χ0n) is 19.2. The second-order valence-electron chi connectivity index (χ2n) is 10.7. The maximum atomic E-state index is 2.48. The standard InChI is InChI=1S/C26H44N2.2BrH/c1-27(17-10-11-18-27)16-8-3-2-4-9-19-28-20-14-25(15-21-28)26(23-28)22-24-12-6-5-7-13-24;;/h5-7,12-13,25-26H,2-4,8-11,14-23H2,1H3;2*1H/q+2;;/p-2. The van der Waals surface area contributed by atoms with E-state index >= 15 is 0 Å². The average Bonchev–Trinajstić information content (AvgIpc) is 3.15. The maximum absolute atomic E-state index is 2.48. The van der Waals surface area contributed by atoms with Gasteiger partial charge in [0.25, 0.3) is 0 Å². The number of likely N-dealkylation sites (tertiary alicyclic amines) is 1. The molecule has 30 heavy (non-hydrogen) atoms. The highest BCUT2D eigenvalue weighted by Gasteiger charge is 2.45. The highest BCUT2D eigenvalue weighted by atomic mass is 79.9. The van der Waals surface area contributed by atoms with Crippen LogP contribution in [0.3, 0.4) is 0 Å². The minimum absolute atomic E-state index is 0. The van der Waals surface area contributed by atoms with E-state index < -0.39 is 0 Å². The maximum Gasteiger partial charge on any atom is 0.0821 e. The van der Waals surface area contributed by atoms with Crippen LogP contribution in [-0.2, 0) is 6.42 Å². The van der Waals surface area contributed by atoms with Crippen molar-refractivity contribution in [2.24, 2.45) is 11.8 Å². The molecule has 4 aliphatic heterocycles. The van der Waals surface area contributed by atoms with Crippen molar-refractivity contribution in [3.8, 4) is 0 Å². The number of piperidine rings is 3. The molecule has 0 aliphatic carbocycles. The summed E-state index contributed by atoms with van der Waals surface area (Å²) < 4.78 is 2.83. The van der Waals surface area contributed by atoms with Crippen LogP contribution in [-0.4, -0.2) is 61.8 Å². The summed E-state index contributed by atoms with van der Waals surface area (Å²) in [6.45, 7) is 10.2. The molecule has 0 radical (unpaired) electrons. The van der Waals surface area contributed by atoms with Gasteiger partial charge in [-0.25, -0.2) is 0 Å². The SMILES string of the molecule is C[N+]1(CCCCCCC[N+]23CCC(CC2)C(Cc2ccccc2)C3)CCCC1.[Br-].[Br-]. The summed E-state index contributed by atoms with van der Waals surface area (Å²) in [4.78, 5) is 0. The van der Waals surface area contributed by atoms with E-state index in [1.165, 1.54) is 119 Å². The van der Waals surface area contributed by atoms with Gasteiger partial charge in [0.1, 0.15) is 0 Å². The number of hydrogen-bond acceptors (Lipinski definition) is 0. The first-order chi connectivity index (χ1) is 13.7. The lowest BCUT2D eigenvalue weighted by Gasteiger charge is -2.53. The fourth-order valence-electron chi connectivity index (χ4n) is 6.69. The molecule has 0 saturated carbocycles. The molecule has 1 atom stereocenters. The average molecular weight is 544 g/mol. The number of hydrogen-bond donors (Lipinski definition) is 0. The normalized spacial score (nSPS) is 29.2. The molecule has 0 amide bonds. The molecule has 1 aromatic rings. The number of quaternary nitrogens is 2. The quantitative estimate of drug-likeness (QED) is 0.270. The third-order valence-corrected chi connectivity index (χ3v) is 8.55. The van der Waals surface area contributed by atoms with Crippen LogP contribution in [0.25, 0.3) is 0 Å². The van der Waals surface area contributed by atoms with Crippen LogP contribution in [0.1, 0.15) is 63.4 Å². The van der Waals surface area contributed by atoms with E-state index in [0.717, 1.165) is 11.8 Å². The van der Waals surface area contributed by atoms with E-state index in [9.17, 15) is 0 Å². The Hall–Kier alpha value is 0.1000. The lowest BCUT2D eigenvalue weighted by Crippen LogP contribution is -3.00. The summed E-state index contributed by atoms with van der Waals surface area (Å²) in [6, 6.07) is 11.3. The number of nitrogens with zero attached hydrogens (tertiary/aromatic N) is 2. The van der Waals surface area contributed by atoms with Gasteiger partial charge in [-0.3, -0.25) is 0 Å². The van der Waals surface area contributed by atoms with Crippen LogP contribution in [0.5, 0.6) is 0 Å². The van der Waals surface area contributed by atoms with Crippen molar-refractivity contribution in [2.75, 3.05) is 52.9 Å². The van der Waals surface area contributed by atoms with Crippen molar-refractivity contribution in [3.05, 3.63) is 35.9 Å². The lowest BCUT2D eigenvalue weighted by molar-refractivity contribution is -0.947. The molecule has 4 fully saturated rings. The number of unbranched alkanes of at least 4 members (excludes halogenated alkanes) is 4. The fourth-order valence-corrected chi connectivity index (χ4v) is 6.69. The third kappa shape index (κ3) is 7.05. The summed E-state index contributed by atoms with van der Waals surface area (Å²) in [6.07, 6.45) is 14.6. The van der Waals surface area contributed by atoms with E-state index in [-0.39, 0.29) is 34.0 Å². The second-order valence-corrected chi connectivity index (χ2v) is 10.7. The minimum Gasteiger partial charge on any atom is -1.00 e. The largest absolute Gasteiger partial charge is 1.00 e. The molecule has 2 nitrogen and oxygen atoms in total. The van der Waals surface area contributed by atoms with Gasteiger partial charge >= 0.3 is 0 Å². The van der Waals surface area contributed by atoms with Gasteiger partial charge < -0.3 is 42.9 Å². The van der Waals surface area contributed by atoms with E-state index in [1.54, 1.807) is 5.56 Å². The van der Waals surface area contributed by atoms with Gasteiger partial charge in [0, 0.05) is 31.6 Å². The first-order valence-corrected chi connectivity index (χ1v) is 12.4. The summed E-state index contributed by atoms with van der Waals surface area (Å²) in [7, 11) is 2.48. The summed E-state index contributed by atoms with van der Waals surface area (Å²) in [5.41, 5.74) is 1.56. The Morgan fingerprint density at radius 2 is 1.37 bits per heavy atom. The van der Waals surface area contributed by atoms with E-state index in [1.807, 2.05) is 0 Å². The monoisotopic (exact) mass is 542 g/mol. The minimum atomic E-state index is 0. The summed E-state index contributed by atoms with van der Waals surface area (Å²) >= 11 is 0. The van der Waals surface area contributed by atoms with Gasteiger partial charge in [-0.1, -0.05) is 36.8 Å². The van der Waals surface area contributed by atoms with Crippen LogP contribution < -0.4 is 34.0 Å². The van der Waals surface area contributed by atoms with E-state index in [2.05, 4.69) is 37.4 Å². The Kier molecular flexibility index (Phi) is 10.9. The molecule has 5 rings (SSSR count). The zero-order valence-corrected chi connectivity index (χ0v) is 22.4. The molecule has 0 aromatic heterocycles. The molecule has 0 spiro atoms. The van der Waals surface area contributed by atoms with Crippen molar-refractivity contribution in [3.63, 3.8) is 0 Å². The molecule has 1 unspecified atom stereocenters. The van der Waals surface area contributed by atoms with Crippen molar-refractivity contribution in [1.82, 2.24) is 0 Å². The van der Waals surface area contributed by atoms with Gasteiger partial charge in [-0.2, -0.15) is 0 Å². The van der Waals surface area contributed by atoms with Crippen LogP contribution in [0, 0.1) is 11.8 Å². The van der Waals surface area contributed by atoms with Crippen molar-refractivity contribution in [1.29, 1.82) is 0 Å². The molecule has 4 heterocycles. The molecule has 2 bridgehead atoms. The van der Waals surface area contributed by atoms with Crippen molar-refractivity contribution in [2.45, 2.75) is 64.2 Å². The Labute approximate surface area is 207 Å². The number of rotatable bonds is 10. The fraction of sp³-hybridized carbons (Fsp3) is 0.769. The molecule has 4 heteroatoms. The Bertz CT molecular complexity index is 592. The predicted molar refractivity (Wildman–Crippen MR) is 119 cm³/mol. The molecule has 4 aliphatic rings. The zero-order chi connectivity index (χ0) is 19.3. The highest BCUT2D eigenvalue weighted by Crippen LogP contribution is 2.39. The summed E-state index contributed by atoms with van der Waals surface area (Å²) in [5.74, 6) is 1.95. The Morgan fingerprint density at radius 1 is 0.767 bits per heavy atom. The van der Waals surface area contributed by atoms with Gasteiger partial charge in [0.2, 0.25) is 0 Å². The number of halogens is 2. The molecule has 0 N–H and O–H groups in total. The first-order valence-electron chi connectivity index (χ1n) is 12.4. The topological polar surface area (TPSA) is 0 Å². The number of benzene rings is 1. The van der Waals surface area contributed by atoms with E-state index in [0.29, 0.717) is 0 Å². The van der Waals surface area contributed by atoms with Crippen LogP contribution >= 0.6 is 0 Å². The Balaban J connectivity index is 0.00000160. The molecular weight excluding hydrogens is 500 g/mol. The molecule has 1 aromatic carbocycles. The Morgan fingerprint density at radius 3 is 2.03 bits per heavy atom. The first kappa shape index (κ1) is 26.4. The van der Waals surface area contributed by atoms with Gasteiger partial charge in [0.15, 0.2) is 0 Å². The predicted octanol–water partition coefficient (Wildman–Crippen LogP) is -0.715. The van der Waals surface area contributed by atoms with Crippen LogP contribution in [0.15, 0.2) is 30.3 Å². The third-order valence-electron chi connectivity index (χ3n) is 8.55. The highest BCUT2D eigenvalue weighted by molar-refractivity contribution is 5.15. The molecule has 172 valence electrons. The van der Waals surface area contributed by atoms with Gasteiger partial charge in [-0.05, 0) is 43.6 Å². The smallest absolute Gasteiger partial charge is 0.0821 e. The van der Waals surface area contributed by atoms with Gasteiger partial charge in [0.05, 0.1) is 52.9 Å². The second kappa shape index (κ2) is 12.4.